The number of ketones is 1. The van der Waals surface area contributed by atoms with Crippen molar-refractivity contribution in [1.29, 1.82) is 0 Å². The topological polar surface area (TPSA) is 56.2 Å². The predicted octanol–water partition coefficient (Wildman–Crippen LogP) is 2.90. The summed E-state index contributed by atoms with van der Waals surface area (Å²) in [4.78, 5) is 14.8. The Balaban J connectivity index is 2.38. The van der Waals surface area contributed by atoms with Crippen molar-refractivity contribution in [2.24, 2.45) is 0 Å². The molecule has 0 spiro atoms. The Morgan fingerprint density at radius 3 is 2.71 bits per heavy atom. The van der Waals surface area contributed by atoms with Gasteiger partial charge in [0.25, 0.3) is 5.89 Å². The van der Waals surface area contributed by atoms with Crippen LogP contribution >= 0.6 is 15.9 Å². The summed E-state index contributed by atoms with van der Waals surface area (Å²) in [5.74, 6) is 0.868. The van der Waals surface area contributed by atoms with E-state index >= 15 is 0 Å². The lowest BCUT2D eigenvalue weighted by Crippen LogP contribution is -1.85. The molecule has 72 valence electrons. The van der Waals surface area contributed by atoms with Gasteiger partial charge >= 0.3 is 0 Å². The van der Waals surface area contributed by atoms with Crippen LogP contribution in [0.4, 0.5) is 0 Å². The Bertz CT molecular complexity index is 472. The second kappa shape index (κ2) is 3.42. The molecule has 2 rings (SSSR count). The van der Waals surface area contributed by atoms with E-state index in [0.29, 0.717) is 16.3 Å². The van der Waals surface area contributed by atoms with Crippen LogP contribution in [-0.4, -0.2) is 10.8 Å². The maximum absolute atomic E-state index is 10.9. The molecule has 0 aliphatic heterocycles. The number of Topliss-reactive ketones (excluding diaryl/α,β-unsaturated/α-hetero) is 1. The molecule has 0 radical (unpaired) electrons. The summed E-state index contributed by atoms with van der Waals surface area (Å²) in [5.41, 5.74) is 0. The highest BCUT2D eigenvalue weighted by Crippen LogP contribution is 2.24. The van der Waals surface area contributed by atoms with Crippen LogP contribution in [0.15, 0.2) is 31.8 Å². The minimum Gasteiger partial charge on any atom is -0.444 e. The summed E-state index contributed by atoms with van der Waals surface area (Å²) in [7, 11) is 0. The zero-order chi connectivity index (χ0) is 10.1. The molecule has 0 aliphatic rings. The van der Waals surface area contributed by atoms with Crippen molar-refractivity contribution in [2.45, 2.75) is 6.92 Å². The molecular weight excluding hydrogens is 250 g/mol. The second-order valence-corrected chi connectivity index (χ2v) is 3.47. The average Bonchev–Trinajstić information content (AvgIpc) is 2.70. The normalized spacial score (nSPS) is 10.4. The molecule has 14 heavy (non-hydrogen) atoms. The fourth-order valence-electron chi connectivity index (χ4n) is 0.980. The largest absolute Gasteiger partial charge is 0.444 e. The number of aromatic nitrogens is 1. The van der Waals surface area contributed by atoms with E-state index in [-0.39, 0.29) is 11.5 Å². The molecule has 0 fully saturated rings. The number of nitrogens with zero attached hydrogens (tertiary/aromatic N) is 1. The third-order valence-electron chi connectivity index (χ3n) is 1.64. The van der Waals surface area contributed by atoms with E-state index in [4.69, 9.17) is 8.83 Å². The lowest BCUT2D eigenvalue weighted by Gasteiger charge is -1.87. The van der Waals surface area contributed by atoms with Gasteiger partial charge in [-0.1, -0.05) is 0 Å². The first-order valence-corrected chi connectivity index (χ1v) is 4.68. The van der Waals surface area contributed by atoms with Crippen LogP contribution in [0.1, 0.15) is 17.5 Å². The number of oxazole rings is 1. The highest BCUT2D eigenvalue weighted by atomic mass is 79.9. The molecule has 0 saturated heterocycles. The number of furan rings is 1. The maximum atomic E-state index is 10.9. The second-order valence-electron chi connectivity index (χ2n) is 2.69. The molecule has 0 amide bonds. The third kappa shape index (κ3) is 1.63. The average molecular weight is 256 g/mol. The molecule has 2 aromatic rings. The molecular formula is C9H6BrNO3. The van der Waals surface area contributed by atoms with E-state index in [9.17, 15) is 4.79 Å². The number of halogens is 1. The molecule has 0 aromatic carbocycles. The van der Waals surface area contributed by atoms with Crippen molar-refractivity contribution in [1.82, 2.24) is 4.98 Å². The lowest BCUT2D eigenvalue weighted by atomic mass is 10.4. The molecule has 0 atom stereocenters. The number of hydrogen-bond acceptors (Lipinski definition) is 4. The number of carbonyl (C=O) groups is 1. The van der Waals surface area contributed by atoms with E-state index in [1.54, 1.807) is 12.1 Å². The number of hydrogen-bond donors (Lipinski definition) is 0. The van der Waals surface area contributed by atoms with Crippen molar-refractivity contribution in [3.8, 4) is 11.7 Å². The van der Waals surface area contributed by atoms with E-state index in [1.807, 2.05) is 0 Å². The Morgan fingerprint density at radius 2 is 2.21 bits per heavy atom. The molecule has 4 nitrogen and oxygen atoms in total. The third-order valence-corrected chi connectivity index (χ3v) is 2.06. The first-order valence-electron chi connectivity index (χ1n) is 3.89. The summed E-state index contributed by atoms with van der Waals surface area (Å²) in [6, 6.07) is 3.44. The molecule has 0 saturated carbocycles. The van der Waals surface area contributed by atoms with Crippen LogP contribution in [0.2, 0.25) is 0 Å². The van der Waals surface area contributed by atoms with Gasteiger partial charge in [0, 0.05) is 6.92 Å². The lowest BCUT2D eigenvalue weighted by molar-refractivity contribution is 0.0988. The van der Waals surface area contributed by atoms with Gasteiger partial charge in [0.2, 0.25) is 0 Å². The summed E-state index contributed by atoms with van der Waals surface area (Å²) in [6.45, 7) is 1.42. The van der Waals surface area contributed by atoms with Crippen LogP contribution in [0.25, 0.3) is 11.7 Å². The van der Waals surface area contributed by atoms with E-state index in [2.05, 4.69) is 20.9 Å². The smallest absolute Gasteiger partial charge is 0.263 e. The van der Waals surface area contributed by atoms with Gasteiger partial charge < -0.3 is 8.83 Å². The summed E-state index contributed by atoms with van der Waals surface area (Å²) < 4.78 is 11.0. The fraction of sp³-hybridized carbons (Fsp3) is 0.111. The minimum atomic E-state index is -0.158. The van der Waals surface area contributed by atoms with Crippen molar-refractivity contribution in [2.75, 3.05) is 0 Å². The summed E-state index contributed by atoms with van der Waals surface area (Å²) in [6.07, 6.45) is 1.38. The predicted molar refractivity (Wildman–Crippen MR) is 51.9 cm³/mol. The summed E-state index contributed by atoms with van der Waals surface area (Å²) >= 11 is 3.16. The van der Waals surface area contributed by atoms with Gasteiger partial charge in [0.15, 0.2) is 22.0 Å². The Labute approximate surface area is 88.1 Å². The van der Waals surface area contributed by atoms with Gasteiger partial charge in [0.05, 0.1) is 6.20 Å². The fourth-order valence-corrected chi connectivity index (χ4v) is 1.29. The van der Waals surface area contributed by atoms with E-state index < -0.39 is 0 Å². The standard InChI is InChI=1S/C9H6BrNO3/c1-5(12)7-4-11-9(14-7)6-2-3-8(10)13-6/h2-4H,1H3. The molecule has 0 N–H and O–H groups in total. The van der Waals surface area contributed by atoms with Gasteiger partial charge in [-0.2, -0.15) is 0 Å². The van der Waals surface area contributed by atoms with Crippen molar-refractivity contribution in [3.63, 3.8) is 0 Å². The van der Waals surface area contributed by atoms with E-state index in [1.165, 1.54) is 13.1 Å². The number of carbonyl (C=O) groups excluding carboxylic acids is 1. The zero-order valence-electron chi connectivity index (χ0n) is 7.28. The van der Waals surface area contributed by atoms with Crippen LogP contribution in [0.5, 0.6) is 0 Å². The van der Waals surface area contributed by atoms with Crippen molar-refractivity contribution < 1.29 is 13.6 Å². The van der Waals surface area contributed by atoms with Crippen LogP contribution in [-0.2, 0) is 0 Å². The molecule has 2 aromatic heterocycles. The number of rotatable bonds is 2. The van der Waals surface area contributed by atoms with Gasteiger partial charge in [-0.3, -0.25) is 4.79 Å². The molecule has 0 aliphatic carbocycles. The molecule has 0 bridgehead atoms. The Kier molecular flexibility index (Phi) is 2.25. The molecule has 5 heteroatoms. The highest BCUT2D eigenvalue weighted by molar-refractivity contribution is 9.10. The maximum Gasteiger partial charge on any atom is 0.263 e. The van der Waals surface area contributed by atoms with Crippen LogP contribution in [0, 0.1) is 0 Å². The highest BCUT2D eigenvalue weighted by Gasteiger charge is 2.12. The van der Waals surface area contributed by atoms with Crippen molar-refractivity contribution >= 4 is 21.7 Å². The SMILES string of the molecule is CC(=O)c1cnc(-c2ccc(Br)o2)o1. The van der Waals surface area contributed by atoms with Crippen LogP contribution in [0.3, 0.4) is 0 Å². The van der Waals surface area contributed by atoms with Gasteiger partial charge in [-0.05, 0) is 28.1 Å². The van der Waals surface area contributed by atoms with Gasteiger partial charge in [-0.15, -0.1) is 0 Å². The van der Waals surface area contributed by atoms with Gasteiger partial charge in [0.1, 0.15) is 0 Å². The van der Waals surface area contributed by atoms with Crippen LogP contribution < -0.4 is 0 Å². The molecule has 2 heterocycles. The zero-order valence-corrected chi connectivity index (χ0v) is 8.87. The van der Waals surface area contributed by atoms with E-state index in [0.717, 1.165) is 0 Å². The van der Waals surface area contributed by atoms with Gasteiger partial charge in [-0.25, -0.2) is 4.98 Å². The monoisotopic (exact) mass is 255 g/mol. The first-order chi connectivity index (χ1) is 6.66. The summed E-state index contributed by atoms with van der Waals surface area (Å²) in [5, 5.41) is 0. The Morgan fingerprint density at radius 1 is 1.43 bits per heavy atom. The Hall–Kier alpha value is -1.36. The van der Waals surface area contributed by atoms with Crippen molar-refractivity contribution in [3.05, 3.63) is 28.8 Å². The first kappa shape index (κ1) is 9.21. The minimum absolute atomic E-state index is 0.158. The quantitative estimate of drug-likeness (QED) is 0.775. The molecule has 0 unspecified atom stereocenters.